The highest BCUT2D eigenvalue weighted by Crippen LogP contribution is 2.25. The van der Waals surface area contributed by atoms with Crippen molar-refractivity contribution in [1.82, 2.24) is 8.96 Å². The predicted molar refractivity (Wildman–Crippen MR) is 73.9 cm³/mol. The minimum atomic E-state index is -0.511. The monoisotopic (exact) mass is 265 g/mol. The highest BCUT2D eigenvalue weighted by Gasteiger charge is 2.13. The van der Waals surface area contributed by atoms with E-state index in [9.17, 15) is 4.79 Å². The summed E-state index contributed by atoms with van der Waals surface area (Å²) in [4.78, 5) is 15.7. The third-order valence-electron chi connectivity index (χ3n) is 2.34. The molecule has 0 aliphatic rings. The molecule has 18 heavy (non-hydrogen) atoms. The van der Waals surface area contributed by atoms with Crippen LogP contribution in [0.15, 0.2) is 24.3 Å². The van der Waals surface area contributed by atoms with Crippen molar-refractivity contribution in [2.45, 2.75) is 13.3 Å². The van der Waals surface area contributed by atoms with Gasteiger partial charge in [-0.3, -0.25) is 9.29 Å². The van der Waals surface area contributed by atoms with Crippen LogP contribution in [0.3, 0.4) is 0 Å². The number of aromatic nitrogens is 2. The zero-order chi connectivity index (χ0) is 13.0. The lowest BCUT2D eigenvalue weighted by atomic mass is 10.3. The number of fused-ring (bicyclic) bond motifs is 1. The normalized spacial score (nSPS) is 10.6. The van der Waals surface area contributed by atoms with Crippen LogP contribution in [0.1, 0.15) is 13.3 Å². The zero-order valence-electron chi connectivity index (χ0n) is 10.3. The lowest BCUT2D eigenvalue weighted by Crippen LogP contribution is -2.14. The molecule has 96 valence electrons. The molecule has 2 rings (SSSR count). The fraction of sp³-hybridized carbons (Fsp3) is 0.333. The first-order valence-corrected chi connectivity index (χ1v) is 6.66. The number of hydrogen-bond donors (Lipinski definition) is 1. The first-order chi connectivity index (χ1) is 8.76. The lowest BCUT2D eigenvalue weighted by Gasteiger charge is -2.07. The van der Waals surface area contributed by atoms with Crippen LogP contribution >= 0.6 is 11.9 Å². The number of carbonyl (C=O) groups excluding carboxylic acids is 1. The van der Waals surface area contributed by atoms with E-state index < -0.39 is 6.09 Å². The Bertz CT molecular complexity index is 553. The van der Waals surface area contributed by atoms with Crippen molar-refractivity contribution < 1.29 is 9.53 Å². The number of imidazole rings is 1. The molecule has 5 nitrogen and oxygen atoms in total. The van der Waals surface area contributed by atoms with Crippen molar-refractivity contribution in [2.75, 3.05) is 18.2 Å². The summed E-state index contributed by atoms with van der Waals surface area (Å²) < 4.78 is 6.52. The molecule has 0 saturated heterocycles. The van der Waals surface area contributed by atoms with Gasteiger partial charge in [0.15, 0.2) is 0 Å². The fourth-order valence-corrected chi connectivity index (χ4v) is 2.41. The van der Waals surface area contributed by atoms with Gasteiger partial charge in [0.25, 0.3) is 0 Å². The van der Waals surface area contributed by atoms with Crippen LogP contribution in [0, 0.1) is 0 Å². The van der Waals surface area contributed by atoms with Crippen molar-refractivity contribution in [3.8, 4) is 0 Å². The second kappa shape index (κ2) is 5.77. The molecule has 1 heterocycles. The fourth-order valence-electron chi connectivity index (χ4n) is 1.54. The molecule has 2 aromatic rings. The number of para-hydroxylation sites is 2. The Morgan fingerprint density at radius 1 is 1.50 bits per heavy atom. The van der Waals surface area contributed by atoms with Gasteiger partial charge in [-0.15, -0.1) is 0 Å². The van der Waals surface area contributed by atoms with Gasteiger partial charge >= 0.3 is 6.09 Å². The maximum atomic E-state index is 11.3. The van der Waals surface area contributed by atoms with E-state index in [0.717, 1.165) is 23.2 Å². The molecule has 0 aliphatic heterocycles. The molecule has 0 unspecified atom stereocenters. The first kappa shape index (κ1) is 12.8. The molecule has 6 heteroatoms. The number of amides is 1. The van der Waals surface area contributed by atoms with Crippen LogP contribution in [0.5, 0.6) is 0 Å². The van der Waals surface area contributed by atoms with Gasteiger partial charge in [0.1, 0.15) is 0 Å². The number of benzene rings is 1. The molecular weight excluding hydrogens is 250 g/mol. The number of rotatable bonds is 4. The van der Waals surface area contributed by atoms with Crippen LogP contribution in [0.25, 0.3) is 11.0 Å². The Kier molecular flexibility index (Phi) is 4.09. The summed E-state index contributed by atoms with van der Waals surface area (Å²) in [6.07, 6.45) is 0.540. The minimum Gasteiger partial charge on any atom is -0.453 e. The Balaban J connectivity index is 2.39. The van der Waals surface area contributed by atoms with E-state index in [1.807, 2.05) is 28.2 Å². The zero-order valence-corrected chi connectivity index (χ0v) is 11.2. The number of nitrogens with zero attached hydrogens (tertiary/aromatic N) is 2. The number of hydrogen-bond acceptors (Lipinski definition) is 4. The van der Waals surface area contributed by atoms with Gasteiger partial charge in [-0.1, -0.05) is 19.1 Å². The van der Waals surface area contributed by atoms with E-state index in [-0.39, 0.29) is 0 Å². The van der Waals surface area contributed by atoms with Crippen molar-refractivity contribution >= 4 is 35.0 Å². The van der Waals surface area contributed by atoms with Crippen molar-refractivity contribution in [3.63, 3.8) is 0 Å². The van der Waals surface area contributed by atoms with Crippen molar-refractivity contribution in [1.29, 1.82) is 0 Å². The largest absolute Gasteiger partial charge is 0.453 e. The minimum absolute atomic E-state index is 0.501. The van der Waals surface area contributed by atoms with E-state index in [1.54, 1.807) is 11.9 Å². The standard InChI is InChI=1S/C12H15N3O2S/c1-3-8-18-15-10-7-5-4-6-9(10)13-11(15)14-12(16)17-2/h4-7H,3,8H2,1-2H3,(H,13,14,16). The molecule has 0 bridgehead atoms. The van der Waals surface area contributed by atoms with Crippen LogP contribution in [-0.4, -0.2) is 27.9 Å². The number of carbonyl (C=O) groups is 1. The predicted octanol–water partition coefficient (Wildman–Crippen LogP) is 3.12. The molecule has 0 atom stereocenters. The van der Waals surface area contributed by atoms with Gasteiger partial charge in [0.2, 0.25) is 5.95 Å². The van der Waals surface area contributed by atoms with Gasteiger partial charge in [0, 0.05) is 5.75 Å². The molecular formula is C12H15N3O2S. The summed E-state index contributed by atoms with van der Waals surface area (Å²) in [6, 6.07) is 7.77. The van der Waals surface area contributed by atoms with E-state index in [1.165, 1.54) is 7.11 Å². The van der Waals surface area contributed by atoms with Gasteiger partial charge < -0.3 is 4.74 Å². The quantitative estimate of drug-likeness (QED) is 0.922. The molecule has 1 amide bonds. The smallest absolute Gasteiger partial charge is 0.413 e. The molecule has 1 N–H and O–H groups in total. The summed E-state index contributed by atoms with van der Waals surface area (Å²) in [7, 11) is 1.33. The number of nitrogens with one attached hydrogen (secondary N) is 1. The van der Waals surface area contributed by atoms with Crippen LogP contribution < -0.4 is 5.32 Å². The van der Waals surface area contributed by atoms with E-state index in [4.69, 9.17) is 0 Å². The Labute approximate surface area is 110 Å². The average Bonchev–Trinajstić information content (AvgIpc) is 2.73. The second-order valence-corrected chi connectivity index (χ2v) is 4.70. The maximum absolute atomic E-state index is 11.3. The summed E-state index contributed by atoms with van der Waals surface area (Å²) in [5.74, 6) is 1.46. The van der Waals surface area contributed by atoms with Gasteiger partial charge in [-0.05, 0) is 30.5 Å². The maximum Gasteiger partial charge on any atom is 0.413 e. The highest BCUT2D eigenvalue weighted by atomic mass is 32.2. The summed E-state index contributed by atoms with van der Waals surface area (Å²) >= 11 is 1.62. The summed E-state index contributed by atoms with van der Waals surface area (Å²) in [5.41, 5.74) is 1.84. The molecule has 0 fully saturated rings. The SMILES string of the molecule is CCCSn1c(NC(=O)OC)nc2ccccc21. The Morgan fingerprint density at radius 2 is 2.28 bits per heavy atom. The summed E-state index contributed by atoms with van der Waals surface area (Å²) in [6.45, 7) is 2.11. The third kappa shape index (κ3) is 2.59. The molecule has 1 aromatic carbocycles. The Hall–Kier alpha value is -1.69. The van der Waals surface area contributed by atoms with Gasteiger partial charge in [-0.2, -0.15) is 0 Å². The van der Waals surface area contributed by atoms with Crippen LogP contribution in [0.2, 0.25) is 0 Å². The molecule has 0 spiro atoms. The number of anilines is 1. The van der Waals surface area contributed by atoms with Crippen LogP contribution in [-0.2, 0) is 4.74 Å². The molecule has 0 radical (unpaired) electrons. The van der Waals surface area contributed by atoms with E-state index >= 15 is 0 Å². The van der Waals surface area contributed by atoms with E-state index in [0.29, 0.717) is 5.95 Å². The molecule has 0 aliphatic carbocycles. The second-order valence-electron chi connectivity index (χ2n) is 3.67. The van der Waals surface area contributed by atoms with E-state index in [2.05, 4.69) is 22.0 Å². The third-order valence-corrected chi connectivity index (χ3v) is 3.56. The lowest BCUT2D eigenvalue weighted by molar-refractivity contribution is 0.186. The molecule has 1 aromatic heterocycles. The van der Waals surface area contributed by atoms with Crippen molar-refractivity contribution in [3.05, 3.63) is 24.3 Å². The number of methoxy groups -OCH3 is 1. The Morgan fingerprint density at radius 3 is 3.00 bits per heavy atom. The summed E-state index contributed by atoms with van der Waals surface area (Å²) in [5, 5.41) is 2.63. The van der Waals surface area contributed by atoms with Crippen LogP contribution in [0.4, 0.5) is 10.7 Å². The van der Waals surface area contributed by atoms with Crippen molar-refractivity contribution in [2.24, 2.45) is 0 Å². The first-order valence-electron chi connectivity index (χ1n) is 5.72. The molecule has 0 saturated carbocycles. The average molecular weight is 265 g/mol. The van der Waals surface area contributed by atoms with Gasteiger partial charge in [-0.25, -0.2) is 9.78 Å². The number of ether oxygens (including phenoxy) is 1. The topological polar surface area (TPSA) is 56.2 Å². The van der Waals surface area contributed by atoms with Gasteiger partial charge in [0.05, 0.1) is 18.1 Å². The highest BCUT2D eigenvalue weighted by molar-refractivity contribution is 7.98.